The molecule has 19 heavy (non-hydrogen) atoms. The minimum absolute atomic E-state index is 0.0102. The average molecular weight is 329 g/mol. The SMILES string of the molecule is Cc1cc(F)ccc1C(=O)N1CCN(CCBr)CC1. The van der Waals surface area contributed by atoms with Crippen molar-refractivity contribution >= 4 is 21.8 Å². The maximum atomic E-state index is 13.1. The molecule has 1 amide bonds. The number of halogens is 2. The number of nitrogens with zero attached hydrogens (tertiary/aromatic N) is 2. The van der Waals surface area contributed by atoms with Crippen molar-refractivity contribution in [1.29, 1.82) is 0 Å². The van der Waals surface area contributed by atoms with Gasteiger partial charge in [-0.2, -0.15) is 0 Å². The largest absolute Gasteiger partial charge is 0.336 e. The third-order valence-corrected chi connectivity index (χ3v) is 3.83. The van der Waals surface area contributed by atoms with Crippen LogP contribution in [-0.4, -0.2) is 53.8 Å². The zero-order valence-electron chi connectivity index (χ0n) is 11.0. The number of carbonyl (C=O) groups excluding carboxylic acids is 1. The van der Waals surface area contributed by atoms with Gasteiger partial charge in [-0.3, -0.25) is 9.69 Å². The molecule has 0 radical (unpaired) electrons. The summed E-state index contributed by atoms with van der Waals surface area (Å²) in [6.07, 6.45) is 0. The molecule has 0 N–H and O–H groups in total. The highest BCUT2D eigenvalue weighted by molar-refractivity contribution is 9.09. The van der Waals surface area contributed by atoms with E-state index in [1.807, 2.05) is 4.90 Å². The highest BCUT2D eigenvalue weighted by Gasteiger charge is 2.22. The number of piperazine rings is 1. The Morgan fingerprint density at radius 2 is 2.00 bits per heavy atom. The van der Waals surface area contributed by atoms with E-state index in [4.69, 9.17) is 0 Å². The number of benzene rings is 1. The van der Waals surface area contributed by atoms with Crippen LogP contribution in [-0.2, 0) is 0 Å². The maximum Gasteiger partial charge on any atom is 0.254 e. The van der Waals surface area contributed by atoms with Gasteiger partial charge in [-0.05, 0) is 30.7 Å². The van der Waals surface area contributed by atoms with Crippen LogP contribution in [0.25, 0.3) is 0 Å². The van der Waals surface area contributed by atoms with Crippen molar-refractivity contribution in [1.82, 2.24) is 9.80 Å². The fraction of sp³-hybridized carbons (Fsp3) is 0.500. The molecule has 2 rings (SSSR count). The molecule has 1 saturated heterocycles. The van der Waals surface area contributed by atoms with Gasteiger partial charge in [-0.15, -0.1) is 0 Å². The second kappa shape index (κ2) is 6.48. The van der Waals surface area contributed by atoms with Gasteiger partial charge >= 0.3 is 0 Å². The summed E-state index contributed by atoms with van der Waals surface area (Å²) in [6.45, 7) is 6.06. The molecule has 0 aromatic heterocycles. The summed E-state index contributed by atoms with van der Waals surface area (Å²) in [7, 11) is 0. The number of hydrogen-bond donors (Lipinski definition) is 0. The molecule has 1 fully saturated rings. The summed E-state index contributed by atoms with van der Waals surface area (Å²) in [5, 5.41) is 0.956. The molecule has 0 aliphatic carbocycles. The Hall–Kier alpha value is -0.940. The summed E-state index contributed by atoms with van der Waals surface area (Å²) < 4.78 is 13.1. The summed E-state index contributed by atoms with van der Waals surface area (Å²) in [5.41, 5.74) is 1.31. The van der Waals surface area contributed by atoms with E-state index in [1.165, 1.54) is 12.1 Å². The minimum atomic E-state index is -0.295. The summed E-state index contributed by atoms with van der Waals surface area (Å²) in [6, 6.07) is 4.34. The van der Waals surface area contributed by atoms with E-state index >= 15 is 0 Å². The van der Waals surface area contributed by atoms with E-state index in [1.54, 1.807) is 13.0 Å². The van der Waals surface area contributed by atoms with Gasteiger partial charge in [0.2, 0.25) is 0 Å². The predicted molar refractivity (Wildman–Crippen MR) is 77.3 cm³/mol. The minimum Gasteiger partial charge on any atom is -0.336 e. The fourth-order valence-corrected chi connectivity index (χ4v) is 2.83. The van der Waals surface area contributed by atoms with Crippen LogP contribution in [0, 0.1) is 12.7 Å². The Balaban J connectivity index is 2.01. The molecule has 0 spiro atoms. The first-order chi connectivity index (χ1) is 9.11. The zero-order valence-corrected chi connectivity index (χ0v) is 12.6. The Morgan fingerprint density at radius 3 is 2.58 bits per heavy atom. The van der Waals surface area contributed by atoms with Gasteiger partial charge in [0, 0.05) is 43.6 Å². The van der Waals surface area contributed by atoms with Gasteiger partial charge in [-0.1, -0.05) is 15.9 Å². The quantitative estimate of drug-likeness (QED) is 0.795. The molecule has 3 nitrogen and oxygen atoms in total. The van der Waals surface area contributed by atoms with Crippen LogP contribution in [0.3, 0.4) is 0 Å². The van der Waals surface area contributed by atoms with Gasteiger partial charge in [0.05, 0.1) is 0 Å². The molecule has 104 valence electrons. The monoisotopic (exact) mass is 328 g/mol. The van der Waals surface area contributed by atoms with Crippen LogP contribution in [0.1, 0.15) is 15.9 Å². The van der Waals surface area contributed by atoms with Crippen LogP contribution in [0.5, 0.6) is 0 Å². The number of hydrogen-bond acceptors (Lipinski definition) is 2. The lowest BCUT2D eigenvalue weighted by Crippen LogP contribution is -2.49. The van der Waals surface area contributed by atoms with Crippen molar-refractivity contribution in [2.75, 3.05) is 38.1 Å². The summed E-state index contributed by atoms with van der Waals surface area (Å²) in [4.78, 5) is 16.6. The highest BCUT2D eigenvalue weighted by Crippen LogP contribution is 2.14. The molecule has 1 aromatic rings. The van der Waals surface area contributed by atoms with Gasteiger partial charge in [0.1, 0.15) is 5.82 Å². The first-order valence-electron chi connectivity index (χ1n) is 6.45. The van der Waals surface area contributed by atoms with E-state index in [-0.39, 0.29) is 11.7 Å². The Morgan fingerprint density at radius 1 is 1.32 bits per heavy atom. The van der Waals surface area contributed by atoms with Crippen molar-refractivity contribution in [3.8, 4) is 0 Å². The standard InChI is InChI=1S/C14H18BrFN2O/c1-11-10-12(16)2-3-13(11)14(19)18-8-6-17(5-4-15)7-9-18/h2-3,10H,4-9H2,1H3. The van der Waals surface area contributed by atoms with E-state index < -0.39 is 0 Å². The molecule has 0 bridgehead atoms. The maximum absolute atomic E-state index is 13.1. The lowest BCUT2D eigenvalue weighted by molar-refractivity contribution is 0.0644. The molecular weight excluding hydrogens is 311 g/mol. The van der Waals surface area contributed by atoms with Gasteiger partial charge < -0.3 is 4.90 Å². The number of alkyl halides is 1. The van der Waals surface area contributed by atoms with E-state index in [2.05, 4.69) is 20.8 Å². The number of rotatable bonds is 3. The molecular formula is C14H18BrFN2O. The Kier molecular flexibility index (Phi) is 4.93. The van der Waals surface area contributed by atoms with Crippen molar-refractivity contribution in [2.45, 2.75) is 6.92 Å². The average Bonchev–Trinajstić information content (AvgIpc) is 2.39. The van der Waals surface area contributed by atoms with Crippen LogP contribution in [0.2, 0.25) is 0 Å². The summed E-state index contributed by atoms with van der Waals surface area (Å²) in [5.74, 6) is -0.285. The molecule has 1 aliphatic heterocycles. The Bertz CT molecular complexity index is 459. The van der Waals surface area contributed by atoms with Gasteiger partial charge in [0.25, 0.3) is 5.91 Å². The topological polar surface area (TPSA) is 23.6 Å². The van der Waals surface area contributed by atoms with Crippen LogP contribution >= 0.6 is 15.9 Å². The molecule has 5 heteroatoms. The highest BCUT2D eigenvalue weighted by atomic mass is 79.9. The van der Waals surface area contributed by atoms with Crippen molar-refractivity contribution in [3.63, 3.8) is 0 Å². The van der Waals surface area contributed by atoms with Crippen molar-refractivity contribution in [3.05, 3.63) is 35.1 Å². The smallest absolute Gasteiger partial charge is 0.254 e. The molecule has 0 saturated carbocycles. The van der Waals surface area contributed by atoms with E-state index in [0.717, 1.165) is 38.1 Å². The number of carbonyl (C=O) groups is 1. The lowest BCUT2D eigenvalue weighted by atomic mass is 10.1. The Labute approximate surface area is 121 Å². The third kappa shape index (κ3) is 3.54. The molecule has 0 unspecified atom stereocenters. The fourth-order valence-electron chi connectivity index (χ4n) is 2.33. The molecule has 1 heterocycles. The van der Waals surface area contributed by atoms with Crippen molar-refractivity contribution in [2.24, 2.45) is 0 Å². The normalized spacial score (nSPS) is 16.7. The first kappa shape index (κ1) is 14.5. The van der Waals surface area contributed by atoms with Gasteiger partial charge in [0.15, 0.2) is 0 Å². The van der Waals surface area contributed by atoms with E-state index in [9.17, 15) is 9.18 Å². The summed E-state index contributed by atoms with van der Waals surface area (Å²) >= 11 is 3.42. The lowest BCUT2D eigenvalue weighted by Gasteiger charge is -2.34. The number of amides is 1. The molecule has 1 aromatic carbocycles. The van der Waals surface area contributed by atoms with Crippen molar-refractivity contribution < 1.29 is 9.18 Å². The molecule has 1 aliphatic rings. The van der Waals surface area contributed by atoms with Crippen LogP contribution < -0.4 is 0 Å². The van der Waals surface area contributed by atoms with Crippen LogP contribution in [0.4, 0.5) is 4.39 Å². The van der Waals surface area contributed by atoms with Gasteiger partial charge in [-0.25, -0.2) is 4.39 Å². The predicted octanol–water partition coefficient (Wildman–Crippen LogP) is 2.29. The van der Waals surface area contributed by atoms with Crippen LogP contribution in [0.15, 0.2) is 18.2 Å². The number of aryl methyl sites for hydroxylation is 1. The molecule has 0 atom stereocenters. The second-order valence-electron chi connectivity index (χ2n) is 4.78. The second-order valence-corrected chi connectivity index (χ2v) is 5.58. The van der Waals surface area contributed by atoms with E-state index in [0.29, 0.717) is 11.1 Å². The third-order valence-electron chi connectivity index (χ3n) is 3.48. The first-order valence-corrected chi connectivity index (χ1v) is 7.57. The zero-order chi connectivity index (χ0) is 13.8.